The molecule has 0 saturated carbocycles. The van der Waals surface area contributed by atoms with Crippen LogP contribution in [-0.2, 0) is 15.8 Å². The monoisotopic (exact) mass is 452 g/mol. The molecule has 2 N–H and O–H groups in total. The highest BCUT2D eigenvalue weighted by molar-refractivity contribution is 7.99. The van der Waals surface area contributed by atoms with Gasteiger partial charge in [0.2, 0.25) is 15.9 Å². The third kappa shape index (κ3) is 4.92. The number of aryl methyl sites for hydroxylation is 1. The van der Waals surface area contributed by atoms with Gasteiger partial charge in [0.1, 0.15) is 0 Å². The minimum absolute atomic E-state index is 0.0387. The second-order valence-electron chi connectivity index (χ2n) is 6.27. The Labute approximate surface area is 177 Å². The molecular formula is C18H20N4O4S3. The minimum atomic E-state index is -3.75. The molecule has 0 fully saturated rings. The van der Waals surface area contributed by atoms with Gasteiger partial charge in [-0.05, 0) is 50.4 Å². The van der Waals surface area contributed by atoms with Gasteiger partial charge in [0.05, 0.1) is 16.4 Å². The van der Waals surface area contributed by atoms with Gasteiger partial charge in [-0.3, -0.25) is 4.79 Å². The molecule has 11 heteroatoms. The summed E-state index contributed by atoms with van der Waals surface area (Å²) >= 11 is 2.79. The van der Waals surface area contributed by atoms with Crippen molar-refractivity contribution < 1.29 is 17.6 Å². The molecule has 0 bridgehead atoms. The van der Waals surface area contributed by atoms with Crippen molar-refractivity contribution in [2.24, 2.45) is 5.14 Å². The number of nitrogens with two attached hydrogens (primary N) is 1. The average molecular weight is 453 g/mol. The molecule has 2 aromatic heterocycles. The van der Waals surface area contributed by atoms with Gasteiger partial charge in [0.25, 0.3) is 5.22 Å². The molecule has 2 heterocycles. The van der Waals surface area contributed by atoms with Crippen molar-refractivity contribution in [1.82, 2.24) is 14.8 Å². The summed E-state index contributed by atoms with van der Waals surface area (Å²) in [5.41, 5.74) is 2.97. The molecule has 3 rings (SSSR count). The Hall–Kier alpha value is -2.08. The second-order valence-corrected chi connectivity index (χ2v) is 9.62. The van der Waals surface area contributed by atoms with Gasteiger partial charge in [-0.15, -0.1) is 10.2 Å². The van der Waals surface area contributed by atoms with Gasteiger partial charge >= 0.3 is 0 Å². The summed E-state index contributed by atoms with van der Waals surface area (Å²) in [6.07, 6.45) is 1.94. The van der Waals surface area contributed by atoms with Crippen molar-refractivity contribution in [2.75, 3.05) is 12.0 Å². The molecule has 0 aliphatic heterocycles. The number of hydrogen-bond acceptors (Lipinski definition) is 8. The number of aromatic nitrogens is 3. The number of hydrogen-bond donors (Lipinski definition) is 1. The Kier molecular flexibility index (Phi) is 6.52. The highest BCUT2D eigenvalue weighted by atomic mass is 32.2. The van der Waals surface area contributed by atoms with Crippen LogP contribution >= 0.6 is 23.5 Å². The number of Topliss-reactive ketones (excluding diaryl/α,β-unsaturated/α-hetero) is 1. The normalized spacial score (nSPS) is 11.7. The molecule has 0 radical (unpaired) electrons. The first-order chi connectivity index (χ1) is 13.7. The predicted molar refractivity (Wildman–Crippen MR) is 113 cm³/mol. The molecule has 0 unspecified atom stereocenters. The summed E-state index contributed by atoms with van der Waals surface area (Å²) in [5.74, 6) is 1.29. The molecule has 0 aliphatic carbocycles. The van der Waals surface area contributed by atoms with Gasteiger partial charge < -0.3 is 8.98 Å². The van der Waals surface area contributed by atoms with Crippen molar-refractivity contribution >= 4 is 39.3 Å². The number of nitrogens with zero attached hydrogens (tertiary/aromatic N) is 3. The fourth-order valence-corrected chi connectivity index (χ4v) is 4.45. The Balaban J connectivity index is 1.78. The van der Waals surface area contributed by atoms with Crippen LogP contribution in [0.2, 0.25) is 0 Å². The maximum Gasteiger partial charge on any atom is 0.277 e. The smallest absolute Gasteiger partial charge is 0.277 e. The summed E-state index contributed by atoms with van der Waals surface area (Å²) in [4.78, 5) is 12.8. The summed E-state index contributed by atoms with van der Waals surface area (Å²) in [5, 5.41) is 13.4. The standard InChI is InChI=1S/C18H20N4O4S3/c1-11-8-15(16(23)9-28-18-21-20-17(26-18)10-27-3)12(2)22(11)13-4-6-14(7-5-13)29(19,24)25/h4-8H,9-10H2,1-3H3,(H2,19,24,25). The number of benzene rings is 1. The van der Waals surface area contributed by atoms with Crippen LogP contribution in [-0.4, -0.2) is 41.0 Å². The summed E-state index contributed by atoms with van der Waals surface area (Å²) in [6, 6.07) is 8.03. The van der Waals surface area contributed by atoms with Crippen LogP contribution in [0.1, 0.15) is 27.6 Å². The van der Waals surface area contributed by atoms with Crippen LogP contribution in [0.3, 0.4) is 0 Å². The summed E-state index contributed by atoms with van der Waals surface area (Å²) < 4.78 is 30.3. The molecule has 29 heavy (non-hydrogen) atoms. The van der Waals surface area contributed by atoms with E-state index in [-0.39, 0.29) is 16.4 Å². The third-order valence-electron chi connectivity index (χ3n) is 4.20. The molecule has 8 nitrogen and oxygen atoms in total. The summed E-state index contributed by atoms with van der Waals surface area (Å²) in [6.45, 7) is 3.74. The van der Waals surface area contributed by atoms with Crippen LogP contribution in [0.15, 0.2) is 44.9 Å². The van der Waals surface area contributed by atoms with Gasteiger partial charge in [0.15, 0.2) is 5.78 Å². The lowest BCUT2D eigenvalue weighted by atomic mass is 10.2. The first kappa shape index (κ1) is 21.6. The Bertz CT molecular complexity index is 1130. The van der Waals surface area contributed by atoms with E-state index in [9.17, 15) is 13.2 Å². The van der Waals surface area contributed by atoms with Crippen molar-refractivity contribution in [1.29, 1.82) is 0 Å². The van der Waals surface area contributed by atoms with Crippen LogP contribution in [0.4, 0.5) is 0 Å². The van der Waals surface area contributed by atoms with E-state index < -0.39 is 10.0 Å². The van der Waals surface area contributed by atoms with Gasteiger partial charge in [-0.25, -0.2) is 13.6 Å². The molecule has 3 aromatic rings. The number of thioether (sulfide) groups is 2. The second kappa shape index (κ2) is 8.74. The lowest BCUT2D eigenvalue weighted by molar-refractivity contribution is 0.102. The van der Waals surface area contributed by atoms with E-state index in [1.54, 1.807) is 23.9 Å². The highest BCUT2D eigenvalue weighted by Gasteiger charge is 2.18. The fraction of sp³-hybridized carbons (Fsp3) is 0.278. The Morgan fingerprint density at radius 3 is 2.52 bits per heavy atom. The quantitative estimate of drug-likeness (QED) is 0.409. The highest BCUT2D eigenvalue weighted by Crippen LogP contribution is 2.25. The first-order valence-electron chi connectivity index (χ1n) is 8.50. The first-order valence-corrected chi connectivity index (χ1v) is 12.4. The number of primary sulfonamides is 1. The average Bonchev–Trinajstić information content (AvgIpc) is 3.23. The maximum atomic E-state index is 12.7. The number of sulfonamides is 1. The molecule has 154 valence electrons. The number of carbonyl (C=O) groups is 1. The molecule has 0 spiro atoms. The largest absolute Gasteiger partial charge is 0.415 e. The SMILES string of the molecule is CSCc1nnc(SCC(=O)c2cc(C)n(-c3ccc(S(N)(=O)=O)cc3)c2C)o1. The van der Waals surface area contributed by atoms with E-state index in [2.05, 4.69) is 10.2 Å². The molecule has 0 atom stereocenters. The van der Waals surface area contributed by atoms with Crippen molar-refractivity contribution in [3.05, 3.63) is 53.2 Å². The Morgan fingerprint density at radius 2 is 1.90 bits per heavy atom. The lowest BCUT2D eigenvalue weighted by Crippen LogP contribution is -2.12. The number of ketones is 1. The van der Waals surface area contributed by atoms with Crippen LogP contribution in [0.5, 0.6) is 0 Å². The van der Waals surface area contributed by atoms with E-state index in [0.717, 1.165) is 17.1 Å². The van der Waals surface area contributed by atoms with Crippen molar-refractivity contribution in [2.45, 2.75) is 29.7 Å². The van der Waals surface area contributed by atoms with Crippen molar-refractivity contribution in [3.63, 3.8) is 0 Å². The molecule has 0 amide bonds. The van der Waals surface area contributed by atoms with E-state index in [0.29, 0.717) is 22.4 Å². The zero-order valence-electron chi connectivity index (χ0n) is 16.1. The van der Waals surface area contributed by atoms with E-state index in [1.807, 2.05) is 30.7 Å². The van der Waals surface area contributed by atoms with E-state index >= 15 is 0 Å². The lowest BCUT2D eigenvalue weighted by Gasteiger charge is -2.10. The van der Waals surface area contributed by atoms with Crippen LogP contribution in [0.25, 0.3) is 5.69 Å². The number of carbonyl (C=O) groups excluding carboxylic acids is 1. The zero-order valence-corrected chi connectivity index (χ0v) is 18.5. The molecule has 1 aromatic carbocycles. The summed E-state index contributed by atoms with van der Waals surface area (Å²) in [7, 11) is -3.75. The van der Waals surface area contributed by atoms with Crippen LogP contribution < -0.4 is 5.14 Å². The zero-order chi connectivity index (χ0) is 21.2. The topological polar surface area (TPSA) is 121 Å². The third-order valence-corrected chi connectivity index (χ3v) is 6.48. The Morgan fingerprint density at radius 1 is 1.21 bits per heavy atom. The van der Waals surface area contributed by atoms with Gasteiger partial charge in [-0.2, -0.15) is 11.8 Å². The van der Waals surface area contributed by atoms with E-state index in [1.165, 1.54) is 23.9 Å². The van der Waals surface area contributed by atoms with Gasteiger partial charge in [0, 0.05) is 22.6 Å². The maximum absolute atomic E-state index is 12.7. The molecular weight excluding hydrogens is 432 g/mol. The number of rotatable bonds is 8. The van der Waals surface area contributed by atoms with Gasteiger partial charge in [-0.1, -0.05) is 11.8 Å². The van der Waals surface area contributed by atoms with Crippen molar-refractivity contribution in [3.8, 4) is 5.69 Å². The van der Waals surface area contributed by atoms with Crippen LogP contribution in [0, 0.1) is 13.8 Å². The fourth-order valence-electron chi connectivity index (χ4n) is 2.91. The minimum Gasteiger partial charge on any atom is -0.415 e. The molecule has 0 saturated heterocycles. The predicted octanol–water partition coefficient (Wildman–Crippen LogP) is 2.96. The molecule has 0 aliphatic rings. The van der Waals surface area contributed by atoms with E-state index in [4.69, 9.17) is 9.56 Å².